The third-order valence-electron chi connectivity index (χ3n) is 5.25. The van der Waals surface area contributed by atoms with Gasteiger partial charge in [0.15, 0.2) is 0 Å². The zero-order chi connectivity index (χ0) is 20.8. The Labute approximate surface area is 181 Å². The topological polar surface area (TPSA) is 54.5 Å². The largest absolute Gasteiger partial charge is 0.487 e. The molecule has 5 nitrogen and oxygen atoms in total. The number of ether oxygens (including phenoxy) is 1. The lowest BCUT2D eigenvalue weighted by atomic mass is 10.1. The average Bonchev–Trinajstić information content (AvgIpc) is 3.43. The van der Waals surface area contributed by atoms with Crippen LogP contribution in [0.4, 0.5) is 0 Å². The van der Waals surface area contributed by atoms with Gasteiger partial charge in [0.2, 0.25) is 0 Å². The highest BCUT2D eigenvalue weighted by atomic mass is 32.1. The summed E-state index contributed by atoms with van der Waals surface area (Å²) in [6.07, 6.45) is 2.62. The van der Waals surface area contributed by atoms with Gasteiger partial charge in [-0.05, 0) is 68.2 Å². The zero-order valence-electron chi connectivity index (χ0n) is 17.3. The molecular weight excluding hydrogens is 394 g/mol. The molecule has 30 heavy (non-hydrogen) atoms. The fourth-order valence-electron chi connectivity index (χ4n) is 3.58. The van der Waals surface area contributed by atoms with Crippen LogP contribution in [0.2, 0.25) is 0 Å². The number of carbonyl (C=O) groups excluding carboxylic acids is 1. The van der Waals surface area contributed by atoms with E-state index in [2.05, 4.69) is 39.5 Å². The summed E-state index contributed by atoms with van der Waals surface area (Å²) in [5.74, 6) is 0.642. The van der Waals surface area contributed by atoms with Crippen molar-refractivity contribution in [2.24, 2.45) is 0 Å². The third-order valence-corrected chi connectivity index (χ3v) is 6.07. The molecule has 156 valence electrons. The first-order chi connectivity index (χ1) is 14.7. The number of thiazole rings is 1. The Hall–Kier alpha value is -2.70. The molecule has 1 aromatic heterocycles. The Morgan fingerprint density at radius 3 is 2.43 bits per heavy atom. The molecule has 1 aliphatic rings. The number of nitrogens with one attached hydrogen (secondary N) is 1. The minimum atomic E-state index is -0.0854. The van der Waals surface area contributed by atoms with E-state index in [1.807, 2.05) is 24.4 Å². The van der Waals surface area contributed by atoms with Gasteiger partial charge in [-0.1, -0.05) is 24.3 Å². The third kappa shape index (κ3) is 5.68. The van der Waals surface area contributed by atoms with Gasteiger partial charge in [-0.15, -0.1) is 11.3 Å². The highest BCUT2D eigenvalue weighted by molar-refractivity contribution is 7.09. The summed E-state index contributed by atoms with van der Waals surface area (Å²) in [6, 6.07) is 15.7. The molecule has 0 bridgehead atoms. The van der Waals surface area contributed by atoms with Gasteiger partial charge in [0.1, 0.15) is 12.4 Å². The molecule has 0 saturated carbocycles. The van der Waals surface area contributed by atoms with Crippen molar-refractivity contribution >= 4 is 17.2 Å². The number of aryl methyl sites for hydroxylation is 1. The van der Waals surface area contributed by atoms with Crippen molar-refractivity contribution in [3.05, 3.63) is 81.3 Å². The fraction of sp³-hybridized carbons (Fsp3) is 0.333. The van der Waals surface area contributed by atoms with Gasteiger partial charge in [0.05, 0.1) is 10.7 Å². The van der Waals surface area contributed by atoms with E-state index in [1.54, 1.807) is 23.5 Å². The monoisotopic (exact) mass is 421 g/mol. The van der Waals surface area contributed by atoms with Gasteiger partial charge >= 0.3 is 0 Å². The molecule has 3 aromatic rings. The van der Waals surface area contributed by atoms with Gasteiger partial charge < -0.3 is 10.1 Å². The van der Waals surface area contributed by atoms with Gasteiger partial charge in [-0.25, -0.2) is 4.98 Å². The van der Waals surface area contributed by atoms with Crippen molar-refractivity contribution in [1.82, 2.24) is 15.2 Å². The first kappa shape index (κ1) is 20.6. The number of hydrogen-bond acceptors (Lipinski definition) is 5. The first-order valence-electron chi connectivity index (χ1n) is 10.4. The Morgan fingerprint density at radius 2 is 1.77 bits per heavy atom. The molecule has 2 aromatic carbocycles. The Morgan fingerprint density at radius 1 is 1.07 bits per heavy atom. The van der Waals surface area contributed by atoms with Crippen LogP contribution in [0.1, 0.15) is 45.0 Å². The van der Waals surface area contributed by atoms with Gasteiger partial charge in [-0.3, -0.25) is 9.69 Å². The first-order valence-corrected chi connectivity index (χ1v) is 11.3. The lowest BCUT2D eigenvalue weighted by Gasteiger charge is -2.14. The van der Waals surface area contributed by atoms with Crippen molar-refractivity contribution in [2.45, 2.75) is 39.5 Å². The standard InChI is InChI=1S/C24H27N3O2S/c1-18-26-22(17-30-18)16-29-23-10-8-21(9-11-23)24(28)25-14-19-4-6-20(7-5-19)15-27-12-2-3-13-27/h4-11,17H,2-3,12-16H2,1H3,(H,25,28). The molecule has 2 heterocycles. The summed E-state index contributed by atoms with van der Waals surface area (Å²) < 4.78 is 5.74. The van der Waals surface area contributed by atoms with Crippen molar-refractivity contribution in [2.75, 3.05) is 13.1 Å². The minimum Gasteiger partial charge on any atom is -0.487 e. The maximum Gasteiger partial charge on any atom is 0.251 e. The van der Waals surface area contributed by atoms with E-state index in [1.165, 1.54) is 31.5 Å². The molecule has 0 radical (unpaired) electrons. The number of rotatable bonds is 8. The predicted octanol–water partition coefficient (Wildman–Crippen LogP) is 4.56. The number of nitrogens with zero attached hydrogens (tertiary/aromatic N) is 2. The van der Waals surface area contributed by atoms with Gasteiger partial charge in [0, 0.05) is 24.0 Å². The van der Waals surface area contributed by atoms with Crippen molar-refractivity contribution in [3.63, 3.8) is 0 Å². The van der Waals surface area contributed by atoms with Crippen LogP contribution in [0, 0.1) is 6.92 Å². The second-order valence-electron chi connectivity index (χ2n) is 7.65. The summed E-state index contributed by atoms with van der Waals surface area (Å²) in [6.45, 7) is 6.35. The highest BCUT2D eigenvalue weighted by Crippen LogP contribution is 2.16. The molecule has 0 unspecified atom stereocenters. The molecule has 1 amide bonds. The molecule has 4 rings (SSSR count). The average molecular weight is 422 g/mol. The van der Waals surface area contributed by atoms with E-state index >= 15 is 0 Å². The molecule has 1 fully saturated rings. The predicted molar refractivity (Wildman–Crippen MR) is 120 cm³/mol. The van der Waals surface area contributed by atoms with Crippen LogP contribution in [-0.2, 0) is 19.7 Å². The van der Waals surface area contributed by atoms with Crippen LogP contribution in [0.15, 0.2) is 53.9 Å². The second-order valence-corrected chi connectivity index (χ2v) is 8.72. The highest BCUT2D eigenvalue weighted by Gasteiger charge is 2.11. The fourth-order valence-corrected chi connectivity index (χ4v) is 4.18. The van der Waals surface area contributed by atoms with Crippen LogP contribution in [0.3, 0.4) is 0 Å². The summed E-state index contributed by atoms with van der Waals surface area (Å²) in [7, 11) is 0. The van der Waals surface area contributed by atoms with E-state index in [9.17, 15) is 4.79 Å². The quantitative estimate of drug-likeness (QED) is 0.579. The van der Waals surface area contributed by atoms with E-state index < -0.39 is 0 Å². The Bertz CT molecular complexity index is 961. The molecule has 0 atom stereocenters. The molecular formula is C24H27N3O2S. The summed E-state index contributed by atoms with van der Waals surface area (Å²) in [5, 5.41) is 6.01. The normalized spacial score (nSPS) is 14.0. The van der Waals surface area contributed by atoms with Crippen LogP contribution in [0.25, 0.3) is 0 Å². The maximum atomic E-state index is 12.4. The molecule has 1 N–H and O–H groups in total. The van der Waals surface area contributed by atoms with Crippen LogP contribution in [0.5, 0.6) is 5.75 Å². The zero-order valence-corrected chi connectivity index (χ0v) is 18.1. The van der Waals surface area contributed by atoms with Crippen LogP contribution >= 0.6 is 11.3 Å². The van der Waals surface area contributed by atoms with E-state index in [4.69, 9.17) is 4.74 Å². The van der Waals surface area contributed by atoms with Gasteiger partial charge in [0.25, 0.3) is 5.91 Å². The number of aromatic nitrogens is 1. The lowest BCUT2D eigenvalue weighted by molar-refractivity contribution is 0.0951. The van der Waals surface area contributed by atoms with Crippen LogP contribution < -0.4 is 10.1 Å². The smallest absolute Gasteiger partial charge is 0.251 e. The summed E-state index contributed by atoms with van der Waals surface area (Å²) in [4.78, 5) is 19.3. The summed E-state index contributed by atoms with van der Waals surface area (Å²) in [5.41, 5.74) is 3.98. The van der Waals surface area contributed by atoms with Gasteiger partial charge in [-0.2, -0.15) is 0 Å². The maximum absolute atomic E-state index is 12.4. The van der Waals surface area contributed by atoms with Crippen molar-refractivity contribution in [1.29, 1.82) is 0 Å². The van der Waals surface area contributed by atoms with Crippen molar-refractivity contribution in [3.8, 4) is 5.75 Å². The minimum absolute atomic E-state index is 0.0854. The summed E-state index contributed by atoms with van der Waals surface area (Å²) >= 11 is 1.61. The number of hydrogen-bond donors (Lipinski definition) is 1. The lowest BCUT2D eigenvalue weighted by Crippen LogP contribution is -2.22. The van der Waals surface area contributed by atoms with Crippen molar-refractivity contribution < 1.29 is 9.53 Å². The number of likely N-dealkylation sites (tertiary alicyclic amines) is 1. The number of benzene rings is 2. The molecule has 0 aliphatic carbocycles. The van der Waals surface area contributed by atoms with Crippen LogP contribution in [-0.4, -0.2) is 28.9 Å². The second kappa shape index (κ2) is 9.87. The number of carbonyl (C=O) groups is 1. The van der Waals surface area contributed by atoms with E-state index in [0.717, 1.165) is 28.6 Å². The Kier molecular flexibility index (Phi) is 6.77. The molecule has 6 heteroatoms. The molecule has 0 spiro atoms. The SMILES string of the molecule is Cc1nc(COc2ccc(C(=O)NCc3ccc(CN4CCCC4)cc3)cc2)cs1. The van der Waals surface area contributed by atoms with E-state index in [0.29, 0.717) is 18.7 Å². The number of amides is 1. The van der Waals surface area contributed by atoms with E-state index in [-0.39, 0.29) is 5.91 Å². The Balaban J connectivity index is 1.24. The molecule has 1 saturated heterocycles. The molecule has 1 aliphatic heterocycles.